The van der Waals surface area contributed by atoms with Crippen molar-refractivity contribution in [3.8, 4) is 17.6 Å². The molecular formula is C10H10BrNO3. The molecule has 0 heterocycles. The SMILES string of the molecule is N#CCOc1cc(Br)ccc1OCCO. The lowest BCUT2D eigenvalue weighted by Gasteiger charge is -2.10. The van der Waals surface area contributed by atoms with Gasteiger partial charge >= 0.3 is 0 Å². The number of benzene rings is 1. The first-order valence-electron chi connectivity index (χ1n) is 4.31. The maximum Gasteiger partial charge on any atom is 0.174 e. The van der Waals surface area contributed by atoms with Crippen LogP contribution < -0.4 is 9.47 Å². The summed E-state index contributed by atoms with van der Waals surface area (Å²) in [6.07, 6.45) is 0. The van der Waals surface area contributed by atoms with Crippen molar-refractivity contribution in [1.82, 2.24) is 0 Å². The van der Waals surface area contributed by atoms with Gasteiger partial charge in [-0.05, 0) is 18.2 Å². The minimum absolute atomic E-state index is 0.0358. The van der Waals surface area contributed by atoms with Gasteiger partial charge in [0.25, 0.3) is 0 Å². The highest BCUT2D eigenvalue weighted by Crippen LogP contribution is 2.30. The monoisotopic (exact) mass is 271 g/mol. The molecule has 0 bridgehead atoms. The van der Waals surface area contributed by atoms with Gasteiger partial charge in [-0.2, -0.15) is 5.26 Å². The van der Waals surface area contributed by atoms with Crippen molar-refractivity contribution in [2.45, 2.75) is 0 Å². The minimum atomic E-state index is -0.0618. The lowest BCUT2D eigenvalue weighted by Crippen LogP contribution is -2.04. The molecule has 0 aliphatic carbocycles. The predicted octanol–water partition coefficient (Wildman–Crippen LogP) is 1.72. The van der Waals surface area contributed by atoms with E-state index in [-0.39, 0.29) is 19.8 Å². The number of hydrogen-bond donors (Lipinski definition) is 1. The van der Waals surface area contributed by atoms with Gasteiger partial charge in [-0.3, -0.25) is 0 Å². The molecule has 0 unspecified atom stereocenters. The van der Waals surface area contributed by atoms with E-state index in [4.69, 9.17) is 19.8 Å². The number of ether oxygens (including phenoxy) is 2. The summed E-state index contributed by atoms with van der Waals surface area (Å²) in [6.45, 7) is 0.101. The van der Waals surface area contributed by atoms with E-state index in [2.05, 4.69) is 15.9 Å². The molecule has 1 aromatic carbocycles. The quantitative estimate of drug-likeness (QED) is 0.886. The molecular weight excluding hydrogens is 262 g/mol. The average Bonchev–Trinajstić information content (AvgIpc) is 2.25. The van der Waals surface area contributed by atoms with E-state index in [9.17, 15) is 0 Å². The first-order chi connectivity index (χ1) is 7.27. The summed E-state index contributed by atoms with van der Waals surface area (Å²) < 4.78 is 11.2. The molecule has 1 rings (SSSR count). The van der Waals surface area contributed by atoms with Crippen molar-refractivity contribution < 1.29 is 14.6 Å². The first kappa shape index (κ1) is 11.8. The molecule has 0 saturated carbocycles. The largest absolute Gasteiger partial charge is 0.487 e. The number of halogens is 1. The van der Waals surface area contributed by atoms with Gasteiger partial charge in [-0.25, -0.2) is 0 Å². The van der Waals surface area contributed by atoms with Crippen LogP contribution in [0.5, 0.6) is 11.5 Å². The first-order valence-corrected chi connectivity index (χ1v) is 5.10. The maximum atomic E-state index is 8.62. The second-order valence-electron chi connectivity index (χ2n) is 2.61. The number of nitriles is 1. The Hall–Kier alpha value is -1.25. The number of hydrogen-bond acceptors (Lipinski definition) is 4. The van der Waals surface area contributed by atoms with Crippen LogP contribution in [0.15, 0.2) is 22.7 Å². The van der Waals surface area contributed by atoms with Gasteiger partial charge in [-0.15, -0.1) is 0 Å². The highest BCUT2D eigenvalue weighted by Gasteiger charge is 2.05. The fourth-order valence-electron chi connectivity index (χ4n) is 0.980. The number of rotatable bonds is 5. The van der Waals surface area contributed by atoms with E-state index < -0.39 is 0 Å². The zero-order chi connectivity index (χ0) is 11.1. The third-order valence-corrected chi connectivity index (χ3v) is 2.04. The highest BCUT2D eigenvalue weighted by atomic mass is 79.9. The van der Waals surface area contributed by atoms with Crippen LogP contribution in [0.4, 0.5) is 0 Å². The summed E-state index contributed by atoms with van der Waals surface area (Å²) in [5, 5.41) is 17.0. The molecule has 15 heavy (non-hydrogen) atoms. The minimum Gasteiger partial charge on any atom is -0.487 e. The molecule has 0 saturated heterocycles. The Bertz CT molecular complexity index is 362. The molecule has 0 radical (unpaired) electrons. The molecule has 0 aromatic heterocycles. The Balaban J connectivity index is 2.78. The fraction of sp³-hybridized carbons (Fsp3) is 0.300. The second kappa shape index (κ2) is 6.27. The van der Waals surface area contributed by atoms with Crippen molar-refractivity contribution in [2.75, 3.05) is 19.8 Å². The smallest absolute Gasteiger partial charge is 0.174 e. The predicted molar refractivity (Wildman–Crippen MR) is 57.8 cm³/mol. The Morgan fingerprint density at radius 1 is 1.33 bits per heavy atom. The van der Waals surface area contributed by atoms with E-state index in [1.807, 2.05) is 6.07 Å². The lowest BCUT2D eigenvalue weighted by molar-refractivity contribution is 0.195. The molecule has 80 valence electrons. The fourth-order valence-corrected chi connectivity index (χ4v) is 1.32. The van der Waals surface area contributed by atoms with E-state index >= 15 is 0 Å². The number of aliphatic hydroxyl groups excluding tert-OH is 1. The van der Waals surface area contributed by atoms with Gasteiger partial charge in [0.15, 0.2) is 18.1 Å². The van der Waals surface area contributed by atoms with Crippen molar-refractivity contribution in [1.29, 1.82) is 5.26 Å². The Labute approximate surface area is 96.2 Å². The van der Waals surface area contributed by atoms with Crippen LogP contribution in [0.2, 0.25) is 0 Å². The molecule has 1 N–H and O–H groups in total. The Kier molecular flexibility index (Phi) is 4.95. The number of nitrogens with zero attached hydrogens (tertiary/aromatic N) is 1. The molecule has 0 spiro atoms. The van der Waals surface area contributed by atoms with E-state index in [1.54, 1.807) is 18.2 Å². The van der Waals surface area contributed by atoms with Gasteiger partial charge in [-0.1, -0.05) is 15.9 Å². The van der Waals surface area contributed by atoms with E-state index in [0.29, 0.717) is 11.5 Å². The van der Waals surface area contributed by atoms with Crippen LogP contribution in [0.25, 0.3) is 0 Å². The van der Waals surface area contributed by atoms with Crippen LogP contribution in [0.3, 0.4) is 0 Å². The van der Waals surface area contributed by atoms with Gasteiger partial charge in [0, 0.05) is 4.47 Å². The van der Waals surface area contributed by atoms with Crippen LogP contribution in [-0.4, -0.2) is 24.9 Å². The molecule has 5 heteroatoms. The van der Waals surface area contributed by atoms with Crippen molar-refractivity contribution in [2.24, 2.45) is 0 Å². The van der Waals surface area contributed by atoms with E-state index in [1.165, 1.54) is 0 Å². The second-order valence-corrected chi connectivity index (χ2v) is 3.53. The summed E-state index contributed by atoms with van der Waals surface area (Å²) in [5.41, 5.74) is 0. The zero-order valence-electron chi connectivity index (χ0n) is 7.94. The van der Waals surface area contributed by atoms with Crippen molar-refractivity contribution in [3.05, 3.63) is 22.7 Å². The van der Waals surface area contributed by atoms with Gasteiger partial charge in [0.05, 0.1) is 6.61 Å². The van der Waals surface area contributed by atoms with E-state index in [0.717, 1.165) is 4.47 Å². The Morgan fingerprint density at radius 2 is 2.13 bits per heavy atom. The Morgan fingerprint density at radius 3 is 2.80 bits per heavy atom. The summed E-state index contributed by atoms with van der Waals surface area (Å²) >= 11 is 3.29. The average molecular weight is 272 g/mol. The third-order valence-electron chi connectivity index (χ3n) is 1.55. The summed E-state index contributed by atoms with van der Waals surface area (Å²) in [6, 6.07) is 7.10. The summed E-state index contributed by atoms with van der Waals surface area (Å²) in [4.78, 5) is 0. The molecule has 0 aliphatic rings. The van der Waals surface area contributed by atoms with Crippen molar-refractivity contribution in [3.63, 3.8) is 0 Å². The summed E-state index contributed by atoms with van der Waals surface area (Å²) in [5.74, 6) is 1.00. The summed E-state index contributed by atoms with van der Waals surface area (Å²) in [7, 11) is 0. The molecule has 0 fully saturated rings. The highest BCUT2D eigenvalue weighted by molar-refractivity contribution is 9.10. The maximum absolute atomic E-state index is 8.62. The van der Waals surface area contributed by atoms with Crippen LogP contribution in [-0.2, 0) is 0 Å². The zero-order valence-corrected chi connectivity index (χ0v) is 9.53. The third kappa shape index (κ3) is 3.78. The number of aliphatic hydroxyl groups is 1. The topological polar surface area (TPSA) is 62.5 Å². The molecule has 0 amide bonds. The molecule has 1 aromatic rings. The van der Waals surface area contributed by atoms with Crippen LogP contribution in [0.1, 0.15) is 0 Å². The van der Waals surface area contributed by atoms with Crippen LogP contribution >= 0.6 is 15.9 Å². The standard InChI is InChI=1S/C10H10BrNO3/c11-8-1-2-9(15-6-4-13)10(7-8)14-5-3-12/h1-2,7,13H,4-6H2. The normalized spacial score (nSPS) is 9.40. The van der Waals surface area contributed by atoms with Crippen molar-refractivity contribution >= 4 is 15.9 Å². The lowest BCUT2D eigenvalue weighted by atomic mass is 10.3. The molecule has 0 atom stereocenters. The van der Waals surface area contributed by atoms with Gasteiger partial charge < -0.3 is 14.6 Å². The van der Waals surface area contributed by atoms with Gasteiger partial charge in [0.1, 0.15) is 12.7 Å². The van der Waals surface area contributed by atoms with Crippen LogP contribution in [0, 0.1) is 11.3 Å². The molecule has 0 aliphatic heterocycles. The van der Waals surface area contributed by atoms with Gasteiger partial charge in [0.2, 0.25) is 0 Å². The molecule has 4 nitrogen and oxygen atoms in total.